The van der Waals surface area contributed by atoms with Crippen LogP contribution in [0, 0.1) is 5.92 Å². The van der Waals surface area contributed by atoms with Crippen LogP contribution in [0.25, 0.3) is 0 Å². The summed E-state index contributed by atoms with van der Waals surface area (Å²) < 4.78 is 1.31. The third-order valence-corrected chi connectivity index (χ3v) is 5.81. The molecule has 2 aliphatic rings. The molecule has 1 atom stereocenters. The Balaban J connectivity index is 1.50. The second-order valence-electron chi connectivity index (χ2n) is 7.58. The second-order valence-corrected chi connectivity index (χ2v) is 8.50. The van der Waals surface area contributed by atoms with Crippen molar-refractivity contribution in [2.45, 2.75) is 23.9 Å². The van der Waals surface area contributed by atoms with Crippen LogP contribution < -0.4 is 21.5 Å². The summed E-state index contributed by atoms with van der Waals surface area (Å²) in [6.45, 7) is 0. The van der Waals surface area contributed by atoms with Crippen LogP contribution in [0.4, 0.5) is 17.3 Å². The average molecular weight is 469 g/mol. The zero-order valence-corrected chi connectivity index (χ0v) is 18.2. The molecule has 11 heteroatoms. The molecule has 1 aliphatic heterocycles. The number of benzene rings is 1. The number of nitrogens with one attached hydrogen (secondary N) is 3. The third-order valence-electron chi connectivity index (χ3n) is 5.24. The van der Waals surface area contributed by atoms with E-state index in [9.17, 15) is 14.4 Å². The monoisotopic (exact) mass is 468 g/mol. The van der Waals surface area contributed by atoms with Gasteiger partial charge in [0.15, 0.2) is 0 Å². The van der Waals surface area contributed by atoms with Crippen LogP contribution >= 0.6 is 24.2 Å². The number of fused-ring (bicyclic) bond motifs is 1. The van der Waals surface area contributed by atoms with Gasteiger partial charge >= 0.3 is 0 Å². The maximum atomic E-state index is 13.3. The van der Waals surface area contributed by atoms with Crippen LogP contribution in [0.15, 0.2) is 52.4 Å². The SMILES string of the molecule is O=C1NC(c2cccc(S)c2)n2c1c(Cl)cc(Nc1cc(NC(=O)C3CC3)ncn1)c2=O. The Bertz CT molecular complexity index is 1320. The molecule has 3 aromatic rings. The summed E-state index contributed by atoms with van der Waals surface area (Å²) >= 11 is 10.7. The molecule has 1 aliphatic carbocycles. The van der Waals surface area contributed by atoms with Gasteiger partial charge in [0, 0.05) is 16.9 Å². The molecule has 32 heavy (non-hydrogen) atoms. The largest absolute Gasteiger partial charge is 0.336 e. The fourth-order valence-corrected chi connectivity index (χ4v) is 4.07. The van der Waals surface area contributed by atoms with Crippen LogP contribution in [0.1, 0.15) is 35.1 Å². The highest BCUT2D eigenvalue weighted by atomic mass is 35.5. The molecule has 0 radical (unpaired) electrons. The molecule has 1 unspecified atom stereocenters. The molecule has 3 heterocycles. The lowest BCUT2D eigenvalue weighted by atomic mass is 10.1. The standard InChI is InChI=1S/C21H17ClN6O3S/c22-13-7-14(25-15-8-16(24-9-23-15)26-19(29)10-4-5-10)21(31)28-17(13)20(30)27-18(28)11-2-1-3-12(32)6-11/h1-3,6-10,18,32H,4-5H2,(H,27,30)(H2,23,24,25,26,29). The van der Waals surface area contributed by atoms with Crippen molar-refractivity contribution in [2.75, 3.05) is 10.6 Å². The molecule has 1 aromatic carbocycles. The van der Waals surface area contributed by atoms with Gasteiger partial charge in [-0.05, 0) is 36.6 Å². The van der Waals surface area contributed by atoms with E-state index < -0.39 is 17.6 Å². The Morgan fingerprint density at radius 1 is 1.16 bits per heavy atom. The van der Waals surface area contributed by atoms with Crippen LogP contribution in [-0.4, -0.2) is 26.3 Å². The number of halogens is 1. The number of nitrogens with zero attached hydrogens (tertiary/aromatic N) is 3. The summed E-state index contributed by atoms with van der Waals surface area (Å²) in [5, 5.41) is 8.56. The van der Waals surface area contributed by atoms with E-state index in [0.717, 1.165) is 12.8 Å². The molecule has 0 spiro atoms. The van der Waals surface area contributed by atoms with Crippen LogP contribution in [0.5, 0.6) is 0 Å². The first-order chi connectivity index (χ1) is 15.4. The molecular formula is C21H17ClN6O3S. The smallest absolute Gasteiger partial charge is 0.276 e. The minimum absolute atomic E-state index is 0.0271. The number of hydrogen-bond acceptors (Lipinski definition) is 7. The van der Waals surface area contributed by atoms with Crippen LogP contribution in [0.3, 0.4) is 0 Å². The molecule has 9 nitrogen and oxygen atoms in total. The van der Waals surface area contributed by atoms with E-state index in [1.165, 1.54) is 23.0 Å². The Labute approximate surface area is 192 Å². The number of carbonyl (C=O) groups is 2. The number of thiol groups is 1. The Kier molecular flexibility index (Phi) is 5.10. The number of rotatable bonds is 5. The Hall–Kier alpha value is -3.37. The highest BCUT2D eigenvalue weighted by Crippen LogP contribution is 2.31. The number of pyridine rings is 1. The van der Waals surface area contributed by atoms with Gasteiger partial charge in [-0.3, -0.25) is 19.0 Å². The zero-order valence-electron chi connectivity index (χ0n) is 16.5. The first kappa shape index (κ1) is 20.5. The van der Waals surface area contributed by atoms with Crippen molar-refractivity contribution in [3.63, 3.8) is 0 Å². The number of anilines is 3. The summed E-state index contributed by atoms with van der Waals surface area (Å²) in [6.07, 6.45) is 2.30. The van der Waals surface area contributed by atoms with Crippen molar-refractivity contribution in [1.82, 2.24) is 19.9 Å². The summed E-state index contributed by atoms with van der Waals surface area (Å²) in [5.41, 5.74) is 0.434. The number of carbonyl (C=O) groups excluding carboxylic acids is 2. The maximum absolute atomic E-state index is 13.3. The van der Waals surface area contributed by atoms with E-state index in [0.29, 0.717) is 22.1 Å². The van der Waals surface area contributed by atoms with Gasteiger partial charge in [0.25, 0.3) is 11.5 Å². The predicted octanol–water partition coefficient (Wildman–Crippen LogP) is 2.96. The molecule has 1 fully saturated rings. The zero-order chi connectivity index (χ0) is 22.4. The van der Waals surface area contributed by atoms with Gasteiger partial charge < -0.3 is 16.0 Å². The van der Waals surface area contributed by atoms with Crippen molar-refractivity contribution in [1.29, 1.82) is 0 Å². The van der Waals surface area contributed by atoms with Crippen LogP contribution in [-0.2, 0) is 4.79 Å². The maximum Gasteiger partial charge on any atom is 0.276 e. The second kappa shape index (κ2) is 7.95. The van der Waals surface area contributed by atoms with E-state index in [1.807, 2.05) is 0 Å². The number of amides is 2. The molecule has 2 amide bonds. The van der Waals surface area contributed by atoms with E-state index in [-0.39, 0.29) is 28.2 Å². The summed E-state index contributed by atoms with van der Waals surface area (Å²) in [5.74, 6) is 0.117. The lowest BCUT2D eigenvalue weighted by Crippen LogP contribution is -2.29. The quantitative estimate of drug-likeness (QED) is 0.427. The molecule has 0 bridgehead atoms. The molecular weight excluding hydrogens is 452 g/mol. The van der Waals surface area contributed by atoms with E-state index >= 15 is 0 Å². The topological polar surface area (TPSA) is 118 Å². The highest BCUT2D eigenvalue weighted by Gasteiger charge is 2.34. The summed E-state index contributed by atoms with van der Waals surface area (Å²) in [4.78, 5) is 46.7. The molecule has 162 valence electrons. The molecule has 2 aromatic heterocycles. The molecule has 0 saturated heterocycles. The first-order valence-electron chi connectivity index (χ1n) is 9.85. The van der Waals surface area contributed by atoms with Gasteiger partial charge in [-0.2, -0.15) is 0 Å². The first-order valence-corrected chi connectivity index (χ1v) is 10.7. The third kappa shape index (κ3) is 3.82. The van der Waals surface area contributed by atoms with Gasteiger partial charge in [0.05, 0.1) is 5.02 Å². The number of hydrogen-bond donors (Lipinski definition) is 4. The van der Waals surface area contributed by atoms with E-state index in [4.69, 9.17) is 11.6 Å². The predicted molar refractivity (Wildman–Crippen MR) is 122 cm³/mol. The van der Waals surface area contributed by atoms with E-state index in [1.54, 1.807) is 24.3 Å². The molecule has 3 N–H and O–H groups in total. The lowest BCUT2D eigenvalue weighted by molar-refractivity contribution is -0.117. The van der Waals surface area contributed by atoms with Gasteiger partial charge in [0.2, 0.25) is 5.91 Å². The highest BCUT2D eigenvalue weighted by molar-refractivity contribution is 7.80. The Morgan fingerprint density at radius 2 is 1.94 bits per heavy atom. The molecule has 5 rings (SSSR count). The van der Waals surface area contributed by atoms with Crippen molar-refractivity contribution in [3.05, 3.63) is 69.4 Å². The van der Waals surface area contributed by atoms with Gasteiger partial charge in [0.1, 0.15) is 35.5 Å². The van der Waals surface area contributed by atoms with Gasteiger partial charge in [-0.1, -0.05) is 23.7 Å². The van der Waals surface area contributed by atoms with Crippen molar-refractivity contribution in [3.8, 4) is 0 Å². The van der Waals surface area contributed by atoms with Crippen molar-refractivity contribution in [2.24, 2.45) is 5.92 Å². The van der Waals surface area contributed by atoms with Gasteiger partial charge in [-0.15, -0.1) is 12.6 Å². The molecule has 1 saturated carbocycles. The summed E-state index contributed by atoms with van der Waals surface area (Å²) in [6, 6.07) is 10.1. The summed E-state index contributed by atoms with van der Waals surface area (Å²) in [7, 11) is 0. The lowest BCUT2D eigenvalue weighted by Gasteiger charge is -2.16. The number of aromatic nitrogens is 3. The minimum Gasteiger partial charge on any atom is -0.336 e. The van der Waals surface area contributed by atoms with E-state index in [2.05, 4.69) is 38.5 Å². The fraction of sp³-hybridized carbons (Fsp3) is 0.190. The fourth-order valence-electron chi connectivity index (χ4n) is 3.55. The normalized spacial score (nSPS) is 16.9. The van der Waals surface area contributed by atoms with Crippen molar-refractivity contribution < 1.29 is 9.59 Å². The van der Waals surface area contributed by atoms with Gasteiger partial charge in [-0.25, -0.2) is 9.97 Å². The van der Waals surface area contributed by atoms with Crippen molar-refractivity contribution >= 4 is 53.4 Å². The minimum atomic E-state index is -0.727. The Morgan fingerprint density at radius 3 is 2.69 bits per heavy atom. The average Bonchev–Trinajstić information content (AvgIpc) is 3.55. The van der Waals surface area contributed by atoms with Crippen LogP contribution in [0.2, 0.25) is 5.02 Å².